The Hall–Kier alpha value is -0.900. The molecule has 0 bridgehead atoms. The van der Waals surface area contributed by atoms with Crippen molar-refractivity contribution >= 4 is 0 Å². The number of aliphatic hydroxyl groups is 1. The van der Waals surface area contributed by atoms with Gasteiger partial charge >= 0.3 is 0 Å². The molecular weight excluding hydrogens is 192 g/mol. The van der Waals surface area contributed by atoms with Crippen LogP contribution < -0.4 is 0 Å². The average molecular weight is 212 g/mol. The van der Waals surface area contributed by atoms with Gasteiger partial charge in [-0.15, -0.1) is 19.7 Å². The smallest absolute Gasteiger partial charge is 0.0645 e. The van der Waals surface area contributed by atoms with Gasteiger partial charge in [-0.25, -0.2) is 0 Å². The first kappa shape index (κ1) is 14.1. The van der Waals surface area contributed by atoms with Crippen molar-refractivity contribution in [2.75, 3.05) is 33.0 Å². The maximum absolute atomic E-state index is 9.29. The molecule has 0 fully saturated rings. The van der Waals surface area contributed by atoms with Crippen LogP contribution >= 0.6 is 0 Å². The van der Waals surface area contributed by atoms with Gasteiger partial charge in [0.25, 0.3) is 0 Å². The summed E-state index contributed by atoms with van der Waals surface area (Å²) >= 11 is 0. The quantitative estimate of drug-likeness (QED) is 0.441. The van der Waals surface area contributed by atoms with E-state index in [0.717, 1.165) is 0 Å². The summed E-state index contributed by atoms with van der Waals surface area (Å²) in [6, 6.07) is 0. The highest BCUT2D eigenvalue weighted by Gasteiger charge is 2.26. The molecule has 0 radical (unpaired) electrons. The molecule has 0 saturated heterocycles. The lowest BCUT2D eigenvalue weighted by Crippen LogP contribution is -2.34. The first-order valence-electron chi connectivity index (χ1n) is 4.86. The Balaban J connectivity index is 4.09. The fourth-order valence-electron chi connectivity index (χ4n) is 1.01. The Kier molecular flexibility index (Phi) is 7.91. The molecule has 0 aromatic rings. The number of aliphatic hydroxyl groups excluding tert-OH is 1. The van der Waals surface area contributed by atoms with Gasteiger partial charge in [0.05, 0.1) is 38.4 Å². The summed E-state index contributed by atoms with van der Waals surface area (Å²) in [5, 5.41) is 9.29. The van der Waals surface area contributed by atoms with Crippen molar-refractivity contribution in [3.8, 4) is 0 Å². The average Bonchev–Trinajstić information content (AvgIpc) is 2.28. The first-order chi connectivity index (χ1) is 7.24. The van der Waals surface area contributed by atoms with Crippen LogP contribution in [0.4, 0.5) is 0 Å². The third kappa shape index (κ3) is 5.52. The second-order valence-corrected chi connectivity index (χ2v) is 3.33. The summed E-state index contributed by atoms with van der Waals surface area (Å²) in [6.07, 6.45) is 4.99. The molecule has 0 aliphatic rings. The Labute approximate surface area is 91.7 Å². The fraction of sp³-hybridized carbons (Fsp3) is 0.500. The van der Waals surface area contributed by atoms with Crippen molar-refractivity contribution in [3.63, 3.8) is 0 Å². The van der Waals surface area contributed by atoms with Crippen LogP contribution in [0.25, 0.3) is 0 Å². The molecule has 0 aliphatic carbocycles. The van der Waals surface area contributed by atoms with Crippen LogP contribution in [0.15, 0.2) is 38.0 Å². The minimum atomic E-state index is -0.536. The second-order valence-electron chi connectivity index (χ2n) is 3.33. The lowest BCUT2D eigenvalue weighted by Gasteiger charge is -2.27. The van der Waals surface area contributed by atoms with Crippen LogP contribution in [-0.4, -0.2) is 38.1 Å². The molecule has 15 heavy (non-hydrogen) atoms. The molecule has 0 unspecified atom stereocenters. The van der Waals surface area contributed by atoms with Crippen molar-refractivity contribution in [3.05, 3.63) is 38.0 Å². The Morgan fingerprint density at radius 2 is 1.47 bits per heavy atom. The Morgan fingerprint density at radius 1 is 1.00 bits per heavy atom. The maximum Gasteiger partial charge on any atom is 0.0645 e. The number of hydrogen-bond donors (Lipinski definition) is 1. The molecular formula is C12H20O3. The highest BCUT2D eigenvalue weighted by atomic mass is 16.5. The summed E-state index contributed by atoms with van der Waals surface area (Å²) in [5.41, 5.74) is -0.536. The van der Waals surface area contributed by atoms with Crippen molar-refractivity contribution in [2.45, 2.75) is 0 Å². The van der Waals surface area contributed by atoms with E-state index in [1.807, 2.05) is 0 Å². The van der Waals surface area contributed by atoms with E-state index in [1.165, 1.54) is 0 Å². The van der Waals surface area contributed by atoms with Gasteiger partial charge in [-0.2, -0.15) is 0 Å². The standard InChI is InChI=1S/C12H20O3/c1-4-7-14-10-12(6-3,9-13)11-15-8-5-2/h4-6,13H,1-3,7-11H2. The van der Waals surface area contributed by atoms with Crippen LogP contribution in [0, 0.1) is 5.41 Å². The predicted octanol–water partition coefficient (Wildman–Crippen LogP) is 1.56. The van der Waals surface area contributed by atoms with Crippen LogP contribution in [0.2, 0.25) is 0 Å². The molecule has 0 aliphatic heterocycles. The topological polar surface area (TPSA) is 38.7 Å². The van der Waals surface area contributed by atoms with Gasteiger partial charge in [0.2, 0.25) is 0 Å². The molecule has 0 heterocycles. The van der Waals surface area contributed by atoms with Crippen LogP contribution in [0.3, 0.4) is 0 Å². The number of hydrogen-bond acceptors (Lipinski definition) is 3. The highest BCUT2D eigenvalue weighted by Crippen LogP contribution is 2.19. The molecule has 0 spiro atoms. The lowest BCUT2D eigenvalue weighted by atomic mass is 9.91. The van der Waals surface area contributed by atoms with Gasteiger partial charge in [-0.05, 0) is 0 Å². The monoisotopic (exact) mass is 212 g/mol. The van der Waals surface area contributed by atoms with E-state index in [-0.39, 0.29) is 6.61 Å². The van der Waals surface area contributed by atoms with Crippen LogP contribution in [-0.2, 0) is 9.47 Å². The summed E-state index contributed by atoms with van der Waals surface area (Å²) in [5.74, 6) is 0. The third-order valence-electron chi connectivity index (χ3n) is 2.00. The SMILES string of the molecule is C=CCOCC(C=C)(CO)COCC=C. The van der Waals surface area contributed by atoms with Gasteiger partial charge in [-0.1, -0.05) is 18.2 Å². The van der Waals surface area contributed by atoms with E-state index < -0.39 is 5.41 Å². The van der Waals surface area contributed by atoms with Gasteiger partial charge in [0.15, 0.2) is 0 Å². The molecule has 0 saturated carbocycles. The van der Waals surface area contributed by atoms with Gasteiger partial charge < -0.3 is 14.6 Å². The van der Waals surface area contributed by atoms with Crippen LogP contribution in [0.1, 0.15) is 0 Å². The van der Waals surface area contributed by atoms with Crippen LogP contribution in [0.5, 0.6) is 0 Å². The lowest BCUT2D eigenvalue weighted by molar-refractivity contribution is -0.0115. The molecule has 0 atom stereocenters. The first-order valence-corrected chi connectivity index (χ1v) is 4.86. The van der Waals surface area contributed by atoms with Crippen molar-refractivity contribution < 1.29 is 14.6 Å². The summed E-state index contributed by atoms with van der Waals surface area (Å²) in [4.78, 5) is 0. The minimum Gasteiger partial charge on any atom is -0.395 e. The van der Waals surface area contributed by atoms with Crippen molar-refractivity contribution in [1.82, 2.24) is 0 Å². The molecule has 1 N–H and O–H groups in total. The predicted molar refractivity (Wildman–Crippen MR) is 61.7 cm³/mol. The van der Waals surface area contributed by atoms with E-state index in [0.29, 0.717) is 26.4 Å². The second kappa shape index (κ2) is 8.41. The molecule has 86 valence electrons. The van der Waals surface area contributed by atoms with E-state index in [2.05, 4.69) is 19.7 Å². The number of rotatable bonds is 10. The van der Waals surface area contributed by atoms with Crippen molar-refractivity contribution in [2.24, 2.45) is 5.41 Å². The summed E-state index contributed by atoms with van der Waals surface area (Å²) < 4.78 is 10.6. The molecule has 0 aromatic carbocycles. The zero-order valence-electron chi connectivity index (χ0n) is 9.15. The van der Waals surface area contributed by atoms with Crippen molar-refractivity contribution in [1.29, 1.82) is 0 Å². The minimum absolute atomic E-state index is 0.0508. The summed E-state index contributed by atoms with van der Waals surface area (Å²) in [6.45, 7) is 12.4. The number of ether oxygens (including phenoxy) is 2. The van der Waals surface area contributed by atoms with Gasteiger partial charge in [-0.3, -0.25) is 0 Å². The Bertz CT molecular complexity index is 185. The largest absolute Gasteiger partial charge is 0.395 e. The zero-order chi connectivity index (χ0) is 11.6. The molecule has 0 aromatic heterocycles. The highest BCUT2D eigenvalue weighted by molar-refractivity contribution is 4.95. The van der Waals surface area contributed by atoms with E-state index in [1.54, 1.807) is 18.2 Å². The maximum atomic E-state index is 9.29. The molecule has 0 rings (SSSR count). The zero-order valence-corrected chi connectivity index (χ0v) is 9.15. The van der Waals surface area contributed by atoms with E-state index in [9.17, 15) is 5.11 Å². The van der Waals surface area contributed by atoms with E-state index in [4.69, 9.17) is 9.47 Å². The normalized spacial score (nSPS) is 11.0. The molecule has 3 nitrogen and oxygen atoms in total. The molecule has 0 amide bonds. The summed E-state index contributed by atoms with van der Waals surface area (Å²) in [7, 11) is 0. The van der Waals surface area contributed by atoms with E-state index >= 15 is 0 Å². The fourth-order valence-corrected chi connectivity index (χ4v) is 1.01. The molecule has 3 heteroatoms. The van der Waals surface area contributed by atoms with Gasteiger partial charge in [0, 0.05) is 0 Å². The third-order valence-corrected chi connectivity index (χ3v) is 2.00. The van der Waals surface area contributed by atoms with Gasteiger partial charge in [0.1, 0.15) is 0 Å². The Morgan fingerprint density at radius 3 is 1.73 bits per heavy atom.